The van der Waals surface area contributed by atoms with E-state index in [9.17, 15) is 4.79 Å². The number of nitrogens with one attached hydrogen (secondary N) is 1. The smallest absolute Gasteiger partial charge is 0.321 e. The molecule has 0 spiro atoms. The highest BCUT2D eigenvalue weighted by atomic mass is 35.5. The zero-order valence-corrected chi connectivity index (χ0v) is 14.2. The summed E-state index contributed by atoms with van der Waals surface area (Å²) in [6, 6.07) is 16.3. The number of nitrogens with zero attached hydrogens (tertiary/aromatic N) is 2. The van der Waals surface area contributed by atoms with Crippen LogP contribution in [0.1, 0.15) is 11.1 Å². The van der Waals surface area contributed by atoms with Crippen molar-refractivity contribution in [1.82, 2.24) is 9.80 Å². The number of hydrogen-bond donors (Lipinski definition) is 1. The average molecular weight is 342 g/mol. The van der Waals surface area contributed by atoms with Gasteiger partial charge in [-0.3, -0.25) is 4.90 Å². The van der Waals surface area contributed by atoms with Crippen LogP contribution in [0.25, 0.3) is 0 Å². The third kappa shape index (κ3) is 3.12. The summed E-state index contributed by atoms with van der Waals surface area (Å²) in [5.41, 5.74) is 3.66. The van der Waals surface area contributed by atoms with Crippen molar-refractivity contribution in [2.75, 3.05) is 25.0 Å². The van der Waals surface area contributed by atoms with Gasteiger partial charge >= 0.3 is 6.03 Å². The van der Waals surface area contributed by atoms with Gasteiger partial charge in [-0.1, -0.05) is 35.9 Å². The molecule has 0 bridgehead atoms. The minimum absolute atomic E-state index is 0.0361. The van der Waals surface area contributed by atoms with Crippen LogP contribution in [0.4, 0.5) is 10.5 Å². The number of likely N-dealkylation sites (tertiary alicyclic amines) is 1. The Kier molecular flexibility index (Phi) is 4.17. The molecule has 2 aliphatic heterocycles. The lowest BCUT2D eigenvalue weighted by Crippen LogP contribution is -2.62. The summed E-state index contributed by atoms with van der Waals surface area (Å²) in [5.74, 6) is 0. The molecule has 2 amide bonds. The highest BCUT2D eigenvalue weighted by molar-refractivity contribution is 6.30. The Bertz CT molecular complexity index is 741. The molecule has 0 radical (unpaired) electrons. The third-order valence-electron chi connectivity index (χ3n) is 4.92. The molecular formula is C19H20ClN3O. The fourth-order valence-electron chi connectivity index (χ4n) is 3.42. The first-order valence-corrected chi connectivity index (χ1v) is 8.69. The molecule has 0 saturated carbocycles. The first kappa shape index (κ1) is 15.5. The first-order valence-electron chi connectivity index (χ1n) is 8.31. The number of carbonyl (C=O) groups excluding carboxylic acids is 1. The van der Waals surface area contributed by atoms with Gasteiger partial charge in [0.2, 0.25) is 0 Å². The Morgan fingerprint density at radius 2 is 1.75 bits per heavy atom. The number of anilines is 1. The molecule has 0 aromatic heterocycles. The van der Waals surface area contributed by atoms with E-state index in [1.807, 2.05) is 17.0 Å². The lowest BCUT2D eigenvalue weighted by Gasteiger charge is -2.46. The highest BCUT2D eigenvalue weighted by Gasteiger charge is 2.35. The number of benzene rings is 2. The Labute approximate surface area is 147 Å². The van der Waals surface area contributed by atoms with Gasteiger partial charge in [-0.2, -0.15) is 0 Å². The van der Waals surface area contributed by atoms with E-state index in [4.69, 9.17) is 11.6 Å². The molecule has 2 aromatic rings. The van der Waals surface area contributed by atoms with Crippen LogP contribution < -0.4 is 5.32 Å². The van der Waals surface area contributed by atoms with Gasteiger partial charge in [0.25, 0.3) is 0 Å². The minimum Gasteiger partial charge on any atom is -0.321 e. The maximum absolute atomic E-state index is 12.3. The molecule has 0 unspecified atom stereocenters. The summed E-state index contributed by atoms with van der Waals surface area (Å²) in [6.07, 6.45) is 1.10. The molecule has 1 fully saturated rings. The van der Waals surface area contributed by atoms with Crippen molar-refractivity contribution < 1.29 is 4.79 Å². The summed E-state index contributed by atoms with van der Waals surface area (Å²) in [5, 5.41) is 3.59. The summed E-state index contributed by atoms with van der Waals surface area (Å²) >= 11 is 5.86. The lowest BCUT2D eigenvalue weighted by atomic mass is 9.97. The van der Waals surface area contributed by atoms with Crippen LogP contribution in [-0.2, 0) is 13.0 Å². The summed E-state index contributed by atoms with van der Waals surface area (Å²) in [7, 11) is 0. The monoisotopic (exact) mass is 341 g/mol. The predicted octanol–water partition coefficient (Wildman–Crippen LogP) is 3.61. The van der Waals surface area contributed by atoms with Gasteiger partial charge in [0.1, 0.15) is 0 Å². The summed E-state index contributed by atoms with van der Waals surface area (Å²) in [4.78, 5) is 16.6. The largest absolute Gasteiger partial charge is 0.321 e. The van der Waals surface area contributed by atoms with E-state index in [1.54, 1.807) is 12.1 Å². The third-order valence-corrected chi connectivity index (χ3v) is 5.17. The first-order chi connectivity index (χ1) is 11.7. The molecule has 1 saturated heterocycles. The van der Waals surface area contributed by atoms with Crippen molar-refractivity contribution in [3.63, 3.8) is 0 Å². The van der Waals surface area contributed by atoms with Crippen LogP contribution in [0, 0.1) is 0 Å². The molecule has 4 rings (SSSR count). The lowest BCUT2D eigenvalue weighted by molar-refractivity contribution is 0.0528. The van der Waals surface area contributed by atoms with Crippen molar-refractivity contribution in [3.05, 3.63) is 64.7 Å². The van der Waals surface area contributed by atoms with Gasteiger partial charge in [0.15, 0.2) is 0 Å². The van der Waals surface area contributed by atoms with Crippen LogP contribution in [0.2, 0.25) is 5.02 Å². The van der Waals surface area contributed by atoms with Crippen molar-refractivity contribution in [1.29, 1.82) is 0 Å². The van der Waals surface area contributed by atoms with E-state index in [-0.39, 0.29) is 6.03 Å². The topological polar surface area (TPSA) is 35.6 Å². The van der Waals surface area contributed by atoms with Crippen LogP contribution >= 0.6 is 11.6 Å². The zero-order chi connectivity index (χ0) is 16.5. The van der Waals surface area contributed by atoms with Gasteiger partial charge in [-0.15, -0.1) is 0 Å². The average Bonchev–Trinajstić information content (AvgIpc) is 2.55. The second-order valence-corrected chi connectivity index (χ2v) is 6.92. The van der Waals surface area contributed by atoms with Crippen LogP contribution in [0.15, 0.2) is 48.5 Å². The Morgan fingerprint density at radius 3 is 2.50 bits per heavy atom. The molecule has 2 heterocycles. The van der Waals surface area contributed by atoms with Gasteiger partial charge in [-0.25, -0.2) is 4.79 Å². The van der Waals surface area contributed by atoms with Crippen LogP contribution in [-0.4, -0.2) is 41.5 Å². The van der Waals surface area contributed by atoms with Crippen molar-refractivity contribution in [3.8, 4) is 0 Å². The Balaban J connectivity index is 1.30. The maximum atomic E-state index is 12.3. The fourth-order valence-corrected chi connectivity index (χ4v) is 3.54. The predicted molar refractivity (Wildman–Crippen MR) is 96.4 cm³/mol. The van der Waals surface area contributed by atoms with E-state index >= 15 is 0 Å². The molecule has 0 atom stereocenters. The van der Waals surface area contributed by atoms with Crippen molar-refractivity contribution in [2.24, 2.45) is 0 Å². The molecule has 5 heteroatoms. The number of rotatable bonds is 2. The SMILES string of the molecule is O=C(Nc1ccc(Cl)cc1)N1CC(N2CCc3ccccc3C2)C1. The molecule has 124 valence electrons. The molecule has 2 aliphatic rings. The Morgan fingerprint density at radius 1 is 1.04 bits per heavy atom. The van der Waals surface area contributed by atoms with E-state index in [2.05, 4.69) is 34.5 Å². The normalized spacial score (nSPS) is 18.0. The molecular weight excluding hydrogens is 322 g/mol. The molecule has 4 nitrogen and oxygen atoms in total. The number of amides is 2. The molecule has 1 N–H and O–H groups in total. The minimum atomic E-state index is -0.0361. The summed E-state index contributed by atoms with van der Waals surface area (Å²) < 4.78 is 0. The quantitative estimate of drug-likeness (QED) is 0.905. The number of fused-ring (bicyclic) bond motifs is 1. The summed E-state index contributed by atoms with van der Waals surface area (Å²) in [6.45, 7) is 3.66. The van der Waals surface area contributed by atoms with E-state index in [0.717, 1.165) is 38.3 Å². The van der Waals surface area contributed by atoms with E-state index in [1.165, 1.54) is 11.1 Å². The standard InChI is InChI=1S/C19H20ClN3O/c20-16-5-7-17(8-6-16)21-19(24)23-12-18(13-23)22-10-9-14-3-1-2-4-15(14)11-22/h1-8,18H,9-13H2,(H,21,24). The van der Waals surface area contributed by atoms with Gasteiger partial charge in [0.05, 0.1) is 0 Å². The highest BCUT2D eigenvalue weighted by Crippen LogP contribution is 2.25. The maximum Gasteiger partial charge on any atom is 0.321 e. The zero-order valence-electron chi connectivity index (χ0n) is 13.4. The fraction of sp³-hybridized carbons (Fsp3) is 0.316. The number of urea groups is 1. The van der Waals surface area contributed by atoms with E-state index in [0.29, 0.717) is 11.1 Å². The van der Waals surface area contributed by atoms with E-state index < -0.39 is 0 Å². The van der Waals surface area contributed by atoms with Crippen LogP contribution in [0.5, 0.6) is 0 Å². The van der Waals surface area contributed by atoms with Crippen molar-refractivity contribution in [2.45, 2.75) is 19.0 Å². The number of halogens is 1. The Hall–Kier alpha value is -2.04. The second-order valence-electron chi connectivity index (χ2n) is 6.49. The van der Waals surface area contributed by atoms with Gasteiger partial charge < -0.3 is 10.2 Å². The number of carbonyl (C=O) groups is 1. The second kappa shape index (κ2) is 6.46. The molecule has 0 aliphatic carbocycles. The number of hydrogen-bond acceptors (Lipinski definition) is 2. The van der Waals surface area contributed by atoms with Gasteiger partial charge in [-0.05, 0) is 41.8 Å². The van der Waals surface area contributed by atoms with Crippen molar-refractivity contribution >= 4 is 23.3 Å². The van der Waals surface area contributed by atoms with Crippen LogP contribution in [0.3, 0.4) is 0 Å². The van der Waals surface area contributed by atoms with Gasteiger partial charge in [0, 0.05) is 42.9 Å². The molecule has 24 heavy (non-hydrogen) atoms. The molecule has 2 aromatic carbocycles.